The van der Waals surface area contributed by atoms with E-state index in [1.807, 2.05) is 71.6 Å². The zero-order valence-electron chi connectivity index (χ0n) is 19.8. The summed E-state index contributed by atoms with van der Waals surface area (Å²) in [6.07, 6.45) is 1.17. The fourth-order valence-corrected chi connectivity index (χ4v) is 5.14. The molecular weight excluding hydrogens is 460 g/mol. The van der Waals surface area contributed by atoms with E-state index in [0.717, 1.165) is 29.1 Å². The number of ether oxygens (including phenoxy) is 1. The van der Waals surface area contributed by atoms with Gasteiger partial charge in [-0.2, -0.15) is 0 Å². The monoisotopic (exact) mass is 486 g/mol. The summed E-state index contributed by atoms with van der Waals surface area (Å²) in [6, 6.07) is 23.9. The first kappa shape index (κ1) is 23.2. The van der Waals surface area contributed by atoms with E-state index in [1.165, 1.54) is 0 Å². The Kier molecular flexibility index (Phi) is 6.12. The Morgan fingerprint density at radius 1 is 1.00 bits per heavy atom. The minimum Gasteiger partial charge on any atom is -0.425 e. The van der Waals surface area contributed by atoms with Crippen molar-refractivity contribution in [3.05, 3.63) is 101 Å². The Bertz CT molecular complexity index is 1300. The summed E-state index contributed by atoms with van der Waals surface area (Å²) < 4.78 is 5.65. The molecule has 0 radical (unpaired) electrons. The number of halogens is 1. The third kappa shape index (κ3) is 4.82. The van der Waals surface area contributed by atoms with Crippen LogP contribution in [-0.4, -0.2) is 18.3 Å². The van der Waals surface area contributed by atoms with Gasteiger partial charge in [0.15, 0.2) is 5.78 Å². The van der Waals surface area contributed by atoms with Crippen molar-refractivity contribution in [1.29, 1.82) is 0 Å². The lowest BCUT2D eigenvalue weighted by Gasteiger charge is -2.37. The number of carbonyl (C=O) groups excluding carboxylic acids is 2. The molecule has 178 valence electrons. The molecule has 0 spiro atoms. The third-order valence-corrected chi connectivity index (χ3v) is 6.72. The van der Waals surface area contributed by atoms with Crippen LogP contribution < -0.4 is 15.0 Å². The van der Waals surface area contributed by atoms with Crippen LogP contribution in [0.15, 0.2) is 90.1 Å². The van der Waals surface area contributed by atoms with Gasteiger partial charge < -0.3 is 15.0 Å². The van der Waals surface area contributed by atoms with Crippen molar-refractivity contribution in [1.82, 2.24) is 0 Å². The molecule has 1 aliphatic heterocycles. The molecule has 3 aromatic carbocycles. The van der Waals surface area contributed by atoms with Gasteiger partial charge in [0.05, 0.1) is 17.4 Å². The number of Topliss-reactive ketones (excluding diaryl/α,β-unsaturated/α-hetero) is 1. The molecule has 35 heavy (non-hydrogen) atoms. The van der Waals surface area contributed by atoms with Crippen LogP contribution in [0, 0.1) is 5.41 Å². The quantitative estimate of drug-likeness (QED) is 0.334. The second-order valence-electron chi connectivity index (χ2n) is 9.84. The molecule has 3 aromatic rings. The Hall–Kier alpha value is -3.57. The van der Waals surface area contributed by atoms with Crippen LogP contribution in [-0.2, 0) is 9.59 Å². The van der Waals surface area contributed by atoms with Gasteiger partial charge in [-0.05, 0) is 53.8 Å². The summed E-state index contributed by atoms with van der Waals surface area (Å²) in [5.74, 6) is 0.160. The smallest absolute Gasteiger partial charge is 0.330 e. The average Bonchev–Trinajstić information content (AvgIpc) is 2.94. The first-order valence-corrected chi connectivity index (χ1v) is 12.1. The zero-order chi connectivity index (χ0) is 24.6. The molecule has 0 fully saturated rings. The number of allylic oxidation sites excluding steroid dienone is 1. The number of hydrogen-bond acceptors (Lipinski definition) is 5. The predicted octanol–water partition coefficient (Wildman–Crippen LogP) is 6.56. The number of nitrogens with one attached hydrogen (secondary N) is 1. The standard InChI is InChI=1S/C29H27ClN2O3/c1-29(2)16-23-27(25(33)17-29)28(19-12-14-20(30)15-13-19)32(24-11-7-6-10-22(24)31-23)18-26(34)35-21-8-4-3-5-9-21/h3-15,28,31H,16-18H2,1-2H3. The van der Waals surface area contributed by atoms with Crippen molar-refractivity contribution >= 4 is 34.7 Å². The van der Waals surface area contributed by atoms with Gasteiger partial charge in [-0.1, -0.05) is 67.9 Å². The Morgan fingerprint density at radius 2 is 1.69 bits per heavy atom. The lowest BCUT2D eigenvalue weighted by atomic mass is 9.73. The number of nitrogens with zero attached hydrogens (tertiary/aromatic N) is 1. The average molecular weight is 487 g/mol. The zero-order valence-corrected chi connectivity index (χ0v) is 20.5. The molecule has 0 saturated carbocycles. The van der Waals surface area contributed by atoms with E-state index >= 15 is 0 Å². The summed E-state index contributed by atoms with van der Waals surface area (Å²) in [4.78, 5) is 28.8. The topological polar surface area (TPSA) is 58.6 Å². The summed E-state index contributed by atoms with van der Waals surface area (Å²) in [5.41, 5.74) is 4.00. The van der Waals surface area contributed by atoms with E-state index in [-0.39, 0.29) is 17.7 Å². The lowest BCUT2D eigenvalue weighted by molar-refractivity contribution is -0.133. The van der Waals surface area contributed by atoms with Crippen LogP contribution in [0.4, 0.5) is 11.4 Å². The summed E-state index contributed by atoms with van der Waals surface area (Å²) in [6.45, 7) is 4.19. The molecule has 1 aliphatic carbocycles. The Morgan fingerprint density at radius 3 is 2.43 bits per heavy atom. The normalized spacial score (nSPS) is 18.8. The molecule has 6 heteroatoms. The van der Waals surface area contributed by atoms with Gasteiger partial charge in [0.25, 0.3) is 0 Å². The SMILES string of the molecule is CC1(C)CC(=O)C2=C(C1)Nc1ccccc1N(CC(=O)Oc1ccccc1)C2c1ccc(Cl)cc1. The van der Waals surface area contributed by atoms with Crippen molar-refractivity contribution in [2.75, 3.05) is 16.8 Å². The van der Waals surface area contributed by atoms with Gasteiger partial charge in [0, 0.05) is 22.7 Å². The number of esters is 1. The third-order valence-electron chi connectivity index (χ3n) is 6.46. The fraction of sp³-hybridized carbons (Fsp3) is 0.241. The molecule has 1 heterocycles. The largest absolute Gasteiger partial charge is 0.425 e. The van der Waals surface area contributed by atoms with Crippen molar-refractivity contribution < 1.29 is 14.3 Å². The first-order chi connectivity index (χ1) is 16.8. The number of benzene rings is 3. The molecule has 5 rings (SSSR count). The molecule has 0 amide bonds. The van der Waals surface area contributed by atoms with Gasteiger partial charge >= 0.3 is 5.97 Å². The maximum Gasteiger partial charge on any atom is 0.330 e. The summed E-state index contributed by atoms with van der Waals surface area (Å²) >= 11 is 6.20. The molecule has 0 bridgehead atoms. The number of para-hydroxylation sites is 3. The maximum absolute atomic E-state index is 13.7. The number of hydrogen-bond donors (Lipinski definition) is 1. The molecule has 1 N–H and O–H groups in total. The van der Waals surface area contributed by atoms with Gasteiger partial charge in [-0.25, -0.2) is 4.79 Å². The minimum atomic E-state index is -0.467. The van der Waals surface area contributed by atoms with E-state index in [2.05, 4.69) is 19.2 Å². The molecule has 5 nitrogen and oxygen atoms in total. The van der Waals surface area contributed by atoms with Crippen LogP contribution in [0.3, 0.4) is 0 Å². The molecule has 2 aliphatic rings. The number of fused-ring (bicyclic) bond motifs is 1. The van der Waals surface area contributed by atoms with E-state index in [9.17, 15) is 9.59 Å². The highest BCUT2D eigenvalue weighted by molar-refractivity contribution is 6.30. The van der Waals surface area contributed by atoms with E-state index in [4.69, 9.17) is 16.3 Å². The highest BCUT2D eigenvalue weighted by Crippen LogP contribution is 2.48. The molecule has 0 saturated heterocycles. The Labute approximate surface area is 210 Å². The Balaban J connectivity index is 1.64. The molecular formula is C29H27ClN2O3. The van der Waals surface area contributed by atoms with Crippen molar-refractivity contribution in [2.45, 2.75) is 32.7 Å². The number of rotatable bonds is 4. The van der Waals surface area contributed by atoms with E-state index in [1.54, 1.807) is 12.1 Å². The fourth-order valence-electron chi connectivity index (χ4n) is 5.01. The summed E-state index contributed by atoms with van der Waals surface area (Å²) in [5, 5.41) is 4.16. The second kappa shape index (κ2) is 9.23. The van der Waals surface area contributed by atoms with E-state index < -0.39 is 12.0 Å². The number of ketones is 1. The highest BCUT2D eigenvalue weighted by Gasteiger charge is 2.42. The predicted molar refractivity (Wildman–Crippen MR) is 139 cm³/mol. The van der Waals surface area contributed by atoms with Crippen molar-refractivity contribution in [2.24, 2.45) is 5.41 Å². The van der Waals surface area contributed by atoms with Crippen LogP contribution in [0.25, 0.3) is 0 Å². The summed E-state index contributed by atoms with van der Waals surface area (Å²) in [7, 11) is 0. The van der Waals surface area contributed by atoms with Gasteiger partial charge in [0.2, 0.25) is 0 Å². The van der Waals surface area contributed by atoms with Gasteiger partial charge in [-0.3, -0.25) is 4.79 Å². The number of anilines is 2. The molecule has 1 unspecified atom stereocenters. The molecule has 0 aromatic heterocycles. The van der Waals surface area contributed by atoms with Crippen LogP contribution in [0.2, 0.25) is 5.02 Å². The molecule has 1 atom stereocenters. The number of carbonyl (C=O) groups is 2. The van der Waals surface area contributed by atoms with Crippen molar-refractivity contribution in [3.8, 4) is 5.75 Å². The van der Waals surface area contributed by atoms with Crippen molar-refractivity contribution in [3.63, 3.8) is 0 Å². The van der Waals surface area contributed by atoms with Crippen LogP contribution in [0.1, 0.15) is 38.3 Å². The van der Waals surface area contributed by atoms with Crippen LogP contribution >= 0.6 is 11.6 Å². The van der Waals surface area contributed by atoms with Gasteiger partial charge in [-0.15, -0.1) is 0 Å². The van der Waals surface area contributed by atoms with E-state index in [0.29, 0.717) is 22.8 Å². The maximum atomic E-state index is 13.7. The highest BCUT2D eigenvalue weighted by atomic mass is 35.5. The van der Waals surface area contributed by atoms with Crippen LogP contribution in [0.5, 0.6) is 5.75 Å². The van der Waals surface area contributed by atoms with Gasteiger partial charge in [0.1, 0.15) is 12.3 Å². The lowest BCUT2D eigenvalue weighted by Crippen LogP contribution is -2.39. The second-order valence-corrected chi connectivity index (χ2v) is 10.3. The minimum absolute atomic E-state index is 0.0334. The first-order valence-electron chi connectivity index (χ1n) is 11.7.